The largest absolute Gasteiger partial charge is 0.311 e. The molecule has 10 aromatic carbocycles. The number of para-hydroxylation sites is 6. The van der Waals surface area contributed by atoms with Crippen molar-refractivity contribution in [3.05, 3.63) is 278 Å². The van der Waals surface area contributed by atoms with Crippen LogP contribution in [0, 0.1) is 0 Å². The van der Waals surface area contributed by atoms with Crippen LogP contribution in [-0.4, -0.2) is 0 Å². The number of hydrogen-bond acceptors (Lipinski definition) is 4. The van der Waals surface area contributed by atoms with Crippen molar-refractivity contribution in [1.29, 1.82) is 0 Å². The first-order valence-electron chi connectivity index (χ1n) is 23.0. The summed E-state index contributed by atoms with van der Waals surface area (Å²) in [5, 5.41) is 0. The lowest BCUT2D eigenvalue weighted by Crippen LogP contribution is -2.17. The molecule has 4 heteroatoms. The van der Waals surface area contributed by atoms with Gasteiger partial charge in [-0.3, -0.25) is 0 Å². The van der Waals surface area contributed by atoms with Crippen LogP contribution in [-0.2, 0) is 5.41 Å². The predicted molar refractivity (Wildman–Crippen MR) is 283 cm³/mol. The van der Waals surface area contributed by atoms with Gasteiger partial charge in [0, 0.05) is 73.7 Å². The molecule has 0 amide bonds. The molecular formula is C63H50N4. The van der Waals surface area contributed by atoms with Crippen LogP contribution < -0.4 is 19.6 Å². The molecule has 4 nitrogen and oxygen atoms in total. The van der Waals surface area contributed by atoms with Crippen molar-refractivity contribution in [1.82, 2.24) is 0 Å². The summed E-state index contributed by atoms with van der Waals surface area (Å²) in [4.78, 5) is 9.36. The Morgan fingerprint density at radius 2 is 0.388 bits per heavy atom. The van der Waals surface area contributed by atoms with Gasteiger partial charge in [-0.05, 0) is 168 Å². The molecule has 0 fully saturated rings. The summed E-state index contributed by atoms with van der Waals surface area (Å²) in [6.45, 7) is 4.74. The Labute approximate surface area is 394 Å². The van der Waals surface area contributed by atoms with Crippen LogP contribution in [0.2, 0.25) is 0 Å². The standard InChI is InChI=1S/C63H50N4/c1-63(2)61-45-57(66(50-27-15-6-16-28-50)51-29-17-7-18-30-51)41-43-59(61)60-44-42-58(46-62(60)63)67(52-31-19-8-20-32-52)56-39-37-55(38-40-56)65(49-25-13-5-14-26-49)54-35-33-53(34-36-54)64(47-21-9-3-10-22-47)48-23-11-4-12-24-48/h3-46H,1-2H3. The Hall–Kier alpha value is -8.60. The van der Waals surface area contributed by atoms with Gasteiger partial charge in [0.05, 0.1) is 0 Å². The van der Waals surface area contributed by atoms with Gasteiger partial charge in [-0.25, -0.2) is 0 Å². The van der Waals surface area contributed by atoms with Crippen LogP contribution >= 0.6 is 0 Å². The van der Waals surface area contributed by atoms with Crippen molar-refractivity contribution < 1.29 is 0 Å². The first-order chi connectivity index (χ1) is 33.0. The summed E-state index contributed by atoms with van der Waals surface area (Å²) < 4.78 is 0. The third-order valence-corrected chi connectivity index (χ3v) is 13.0. The highest BCUT2D eigenvalue weighted by atomic mass is 15.2. The van der Waals surface area contributed by atoms with Crippen LogP contribution in [0.5, 0.6) is 0 Å². The SMILES string of the molecule is CC1(C)c2cc(N(c3ccccc3)c3ccccc3)ccc2-c2ccc(N(c3ccccc3)c3ccc(N(c4ccccc4)c4ccc(N(c5ccccc5)c5ccccc5)cc4)cc3)cc21. The van der Waals surface area contributed by atoms with Crippen molar-refractivity contribution >= 4 is 68.2 Å². The van der Waals surface area contributed by atoms with Gasteiger partial charge in [-0.1, -0.05) is 135 Å². The Kier molecular flexibility index (Phi) is 10.9. The smallest absolute Gasteiger partial charge is 0.0465 e. The van der Waals surface area contributed by atoms with Crippen LogP contribution in [0.4, 0.5) is 68.2 Å². The van der Waals surface area contributed by atoms with Crippen molar-refractivity contribution in [2.45, 2.75) is 19.3 Å². The summed E-state index contributed by atoms with van der Waals surface area (Å²) in [5.74, 6) is 0. The molecular weight excluding hydrogens is 813 g/mol. The van der Waals surface area contributed by atoms with Crippen molar-refractivity contribution in [3.63, 3.8) is 0 Å². The Morgan fingerprint density at radius 3 is 0.612 bits per heavy atom. The number of benzene rings is 10. The van der Waals surface area contributed by atoms with Gasteiger partial charge in [0.1, 0.15) is 0 Å². The molecule has 0 spiro atoms. The van der Waals surface area contributed by atoms with E-state index in [-0.39, 0.29) is 5.41 Å². The van der Waals surface area contributed by atoms with E-state index < -0.39 is 0 Å². The van der Waals surface area contributed by atoms with Crippen molar-refractivity contribution in [3.8, 4) is 11.1 Å². The maximum Gasteiger partial charge on any atom is 0.0465 e. The minimum absolute atomic E-state index is 0.243. The van der Waals surface area contributed by atoms with Crippen molar-refractivity contribution in [2.75, 3.05) is 19.6 Å². The van der Waals surface area contributed by atoms with Gasteiger partial charge < -0.3 is 19.6 Å². The number of nitrogens with zero attached hydrogens (tertiary/aromatic N) is 4. The molecule has 0 unspecified atom stereocenters. The quantitative estimate of drug-likeness (QED) is 0.121. The lowest BCUT2D eigenvalue weighted by Gasteiger charge is -2.30. The predicted octanol–water partition coefficient (Wildman–Crippen LogP) is 17.9. The molecule has 11 rings (SSSR count). The zero-order valence-corrected chi connectivity index (χ0v) is 37.7. The first-order valence-corrected chi connectivity index (χ1v) is 23.0. The molecule has 0 radical (unpaired) electrons. The topological polar surface area (TPSA) is 13.0 Å². The van der Waals surface area contributed by atoms with Gasteiger partial charge in [0.25, 0.3) is 0 Å². The molecule has 10 aromatic rings. The Bertz CT molecular complexity index is 3150. The molecule has 0 saturated heterocycles. The van der Waals surface area contributed by atoms with E-state index in [2.05, 4.69) is 300 Å². The van der Waals surface area contributed by atoms with Crippen LogP contribution in [0.15, 0.2) is 267 Å². The van der Waals surface area contributed by atoms with E-state index in [0.29, 0.717) is 0 Å². The summed E-state index contributed by atoms with van der Waals surface area (Å²) in [5.41, 5.74) is 18.2. The number of rotatable bonds is 12. The summed E-state index contributed by atoms with van der Waals surface area (Å²) in [6.07, 6.45) is 0. The fourth-order valence-corrected chi connectivity index (χ4v) is 9.74. The van der Waals surface area contributed by atoms with E-state index >= 15 is 0 Å². The Balaban J connectivity index is 0.943. The molecule has 0 aliphatic heterocycles. The molecule has 0 saturated carbocycles. The number of hydrogen-bond donors (Lipinski definition) is 0. The van der Waals surface area contributed by atoms with E-state index in [1.807, 2.05) is 0 Å². The van der Waals surface area contributed by atoms with E-state index in [0.717, 1.165) is 68.2 Å². The lowest BCUT2D eigenvalue weighted by atomic mass is 9.82. The molecule has 0 N–H and O–H groups in total. The molecule has 0 heterocycles. The molecule has 0 atom stereocenters. The molecule has 0 bridgehead atoms. The van der Waals surface area contributed by atoms with Crippen LogP contribution in [0.3, 0.4) is 0 Å². The second-order valence-electron chi connectivity index (χ2n) is 17.5. The second-order valence-corrected chi connectivity index (χ2v) is 17.5. The van der Waals surface area contributed by atoms with Gasteiger partial charge in [0.15, 0.2) is 0 Å². The number of anilines is 12. The zero-order chi connectivity index (χ0) is 45.2. The molecule has 67 heavy (non-hydrogen) atoms. The van der Waals surface area contributed by atoms with Gasteiger partial charge in [-0.2, -0.15) is 0 Å². The fourth-order valence-electron chi connectivity index (χ4n) is 9.74. The zero-order valence-electron chi connectivity index (χ0n) is 37.7. The maximum atomic E-state index is 2.41. The highest BCUT2D eigenvalue weighted by Crippen LogP contribution is 2.52. The molecule has 1 aliphatic carbocycles. The fraction of sp³-hybridized carbons (Fsp3) is 0.0476. The summed E-state index contributed by atoms with van der Waals surface area (Å²) in [7, 11) is 0. The third-order valence-electron chi connectivity index (χ3n) is 13.0. The molecule has 1 aliphatic rings. The molecule has 322 valence electrons. The van der Waals surface area contributed by atoms with Gasteiger partial charge in [-0.15, -0.1) is 0 Å². The Morgan fingerprint density at radius 1 is 0.209 bits per heavy atom. The normalized spacial score (nSPS) is 12.1. The molecule has 0 aromatic heterocycles. The van der Waals surface area contributed by atoms with E-state index in [4.69, 9.17) is 0 Å². The van der Waals surface area contributed by atoms with Crippen LogP contribution in [0.1, 0.15) is 25.0 Å². The highest BCUT2D eigenvalue weighted by Gasteiger charge is 2.37. The average Bonchev–Trinajstić information content (AvgIpc) is 3.61. The van der Waals surface area contributed by atoms with E-state index in [1.165, 1.54) is 22.3 Å². The van der Waals surface area contributed by atoms with Gasteiger partial charge >= 0.3 is 0 Å². The van der Waals surface area contributed by atoms with Gasteiger partial charge in [0.2, 0.25) is 0 Å². The highest BCUT2D eigenvalue weighted by molar-refractivity contribution is 5.89. The second kappa shape index (κ2) is 17.8. The van der Waals surface area contributed by atoms with Crippen LogP contribution in [0.25, 0.3) is 11.1 Å². The van der Waals surface area contributed by atoms with E-state index in [9.17, 15) is 0 Å². The third kappa shape index (κ3) is 7.89. The minimum atomic E-state index is -0.243. The minimum Gasteiger partial charge on any atom is -0.311 e. The van der Waals surface area contributed by atoms with E-state index in [1.54, 1.807) is 0 Å². The summed E-state index contributed by atoms with van der Waals surface area (Å²) >= 11 is 0. The number of fused-ring (bicyclic) bond motifs is 3. The maximum absolute atomic E-state index is 2.41. The average molecular weight is 863 g/mol. The lowest BCUT2D eigenvalue weighted by molar-refractivity contribution is 0.660. The van der Waals surface area contributed by atoms with Crippen molar-refractivity contribution in [2.24, 2.45) is 0 Å². The first kappa shape index (κ1) is 41.1. The monoisotopic (exact) mass is 862 g/mol. The summed E-state index contributed by atoms with van der Waals surface area (Å²) in [6, 6.07) is 95.6.